The van der Waals surface area contributed by atoms with Crippen LogP contribution in [0.25, 0.3) is 11.3 Å². The zero-order valence-electron chi connectivity index (χ0n) is 11.0. The number of ether oxygens (including phenoxy) is 1. The van der Waals surface area contributed by atoms with Gasteiger partial charge in [-0.05, 0) is 37.1 Å². The number of hydrogen-bond acceptors (Lipinski definition) is 3. The maximum absolute atomic E-state index is 9.10. The minimum Gasteiger partial charge on any atom is -0.492 e. The molecule has 0 radical (unpaired) electrons. The highest BCUT2D eigenvalue weighted by molar-refractivity contribution is 5.71. The van der Waals surface area contributed by atoms with Crippen LogP contribution in [0.15, 0.2) is 24.3 Å². The molecule has 0 N–H and O–H groups in total. The molecule has 0 spiro atoms. The van der Waals surface area contributed by atoms with Crippen molar-refractivity contribution >= 4 is 0 Å². The molecule has 3 heteroatoms. The first-order valence-corrected chi connectivity index (χ1v) is 6.34. The third kappa shape index (κ3) is 1.86. The molecule has 0 unspecified atom stereocenters. The average molecular weight is 250 g/mol. The summed E-state index contributed by atoms with van der Waals surface area (Å²) in [5.41, 5.74) is 5.53. The molecule has 1 aromatic carbocycles. The van der Waals surface area contributed by atoms with Crippen molar-refractivity contribution in [2.45, 2.75) is 20.3 Å². The molecule has 0 aliphatic carbocycles. The van der Waals surface area contributed by atoms with Crippen molar-refractivity contribution in [1.82, 2.24) is 4.98 Å². The van der Waals surface area contributed by atoms with E-state index in [1.807, 2.05) is 32.0 Å². The minimum absolute atomic E-state index is 0.664. The lowest BCUT2D eigenvalue weighted by Crippen LogP contribution is -1.96. The number of pyridine rings is 1. The molecule has 19 heavy (non-hydrogen) atoms. The summed E-state index contributed by atoms with van der Waals surface area (Å²) in [7, 11) is 0. The number of nitrogens with zero attached hydrogens (tertiary/aromatic N) is 2. The summed E-state index contributed by atoms with van der Waals surface area (Å²) >= 11 is 0. The molecule has 0 saturated heterocycles. The number of fused-ring (bicyclic) bond motifs is 1. The minimum atomic E-state index is 0.664. The highest BCUT2D eigenvalue weighted by atomic mass is 16.5. The number of benzene rings is 1. The van der Waals surface area contributed by atoms with Crippen molar-refractivity contribution in [3.8, 4) is 23.1 Å². The molecule has 94 valence electrons. The molecule has 0 atom stereocenters. The fourth-order valence-corrected chi connectivity index (χ4v) is 2.56. The molecular weight excluding hydrogens is 236 g/mol. The van der Waals surface area contributed by atoms with Crippen LogP contribution in [0.1, 0.15) is 22.4 Å². The predicted octanol–water partition coefficient (Wildman–Crippen LogP) is 3.17. The van der Waals surface area contributed by atoms with Gasteiger partial charge in [-0.15, -0.1) is 0 Å². The second-order valence-electron chi connectivity index (χ2n) is 4.79. The average Bonchev–Trinajstić information content (AvgIpc) is 2.86. The van der Waals surface area contributed by atoms with Gasteiger partial charge in [-0.3, -0.25) is 4.98 Å². The first-order valence-electron chi connectivity index (χ1n) is 6.34. The van der Waals surface area contributed by atoms with E-state index in [9.17, 15) is 0 Å². The zero-order chi connectivity index (χ0) is 13.4. The molecule has 0 saturated carbocycles. The topological polar surface area (TPSA) is 45.9 Å². The lowest BCUT2D eigenvalue weighted by Gasteiger charge is -2.10. The molecule has 1 aromatic heterocycles. The van der Waals surface area contributed by atoms with Crippen LogP contribution in [0.4, 0.5) is 0 Å². The molecule has 2 aromatic rings. The van der Waals surface area contributed by atoms with E-state index in [1.54, 1.807) is 0 Å². The Bertz CT molecular complexity index is 675. The van der Waals surface area contributed by atoms with Crippen molar-refractivity contribution in [2.24, 2.45) is 0 Å². The van der Waals surface area contributed by atoms with Gasteiger partial charge in [-0.25, -0.2) is 0 Å². The van der Waals surface area contributed by atoms with Gasteiger partial charge >= 0.3 is 0 Å². The molecule has 0 amide bonds. The van der Waals surface area contributed by atoms with Gasteiger partial charge in [0.1, 0.15) is 11.8 Å². The van der Waals surface area contributed by atoms with Gasteiger partial charge in [-0.2, -0.15) is 5.26 Å². The first-order chi connectivity index (χ1) is 9.20. The van der Waals surface area contributed by atoms with Gasteiger partial charge < -0.3 is 4.74 Å². The maximum Gasteiger partial charge on any atom is 0.132 e. The van der Waals surface area contributed by atoms with Crippen LogP contribution in [0.2, 0.25) is 0 Å². The summed E-state index contributed by atoms with van der Waals surface area (Å²) in [5.74, 6) is 0.943. The lowest BCUT2D eigenvalue weighted by molar-refractivity contribution is 0.358. The summed E-state index contributed by atoms with van der Waals surface area (Å²) in [5, 5.41) is 9.10. The largest absolute Gasteiger partial charge is 0.492 e. The lowest BCUT2D eigenvalue weighted by atomic mass is 10.0. The van der Waals surface area contributed by atoms with Crippen molar-refractivity contribution in [3.05, 3.63) is 46.6 Å². The summed E-state index contributed by atoms with van der Waals surface area (Å²) in [6, 6.07) is 10.3. The van der Waals surface area contributed by atoms with E-state index >= 15 is 0 Å². The SMILES string of the molecule is Cc1cc(-c2cccc3c2OCC3)nc(C)c1C#N. The standard InChI is InChI=1S/C16H14N2O/c1-10-8-15(18-11(2)14(10)9-17)13-5-3-4-12-6-7-19-16(12)13/h3-5,8H,6-7H2,1-2H3. The number of rotatable bonds is 1. The van der Waals surface area contributed by atoms with Gasteiger partial charge in [0.2, 0.25) is 0 Å². The predicted molar refractivity (Wildman–Crippen MR) is 73.1 cm³/mol. The summed E-state index contributed by atoms with van der Waals surface area (Å²) in [6.07, 6.45) is 0.956. The van der Waals surface area contributed by atoms with Crippen LogP contribution in [0.3, 0.4) is 0 Å². The number of para-hydroxylation sites is 1. The van der Waals surface area contributed by atoms with Crippen molar-refractivity contribution < 1.29 is 4.74 Å². The van der Waals surface area contributed by atoms with Gasteiger partial charge in [0.25, 0.3) is 0 Å². The molecular formula is C16H14N2O. The Labute approximate surface area is 112 Å². The number of nitriles is 1. The Hall–Kier alpha value is -2.34. The number of aryl methyl sites for hydroxylation is 2. The molecule has 3 nitrogen and oxygen atoms in total. The van der Waals surface area contributed by atoms with E-state index in [1.165, 1.54) is 5.56 Å². The van der Waals surface area contributed by atoms with E-state index in [0.717, 1.165) is 41.3 Å². The van der Waals surface area contributed by atoms with Gasteiger partial charge in [0.05, 0.1) is 23.6 Å². The first kappa shape index (κ1) is 11.7. The Morgan fingerprint density at radius 3 is 2.89 bits per heavy atom. The highest BCUT2D eigenvalue weighted by Crippen LogP contribution is 2.36. The third-order valence-corrected chi connectivity index (χ3v) is 3.50. The molecule has 1 aliphatic rings. The van der Waals surface area contributed by atoms with Crippen LogP contribution in [-0.2, 0) is 6.42 Å². The normalized spacial score (nSPS) is 12.7. The highest BCUT2D eigenvalue weighted by Gasteiger charge is 2.18. The third-order valence-electron chi connectivity index (χ3n) is 3.50. The fraction of sp³-hybridized carbons (Fsp3) is 0.250. The number of hydrogen-bond donors (Lipinski definition) is 0. The monoisotopic (exact) mass is 250 g/mol. The Kier molecular flexibility index (Phi) is 2.72. The van der Waals surface area contributed by atoms with Crippen molar-refractivity contribution in [1.29, 1.82) is 5.26 Å². The summed E-state index contributed by atoms with van der Waals surface area (Å²) in [6.45, 7) is 4.56. The molecule has 3 rings (SSSR count). The van der Waals surface area contributed by atoms with Crippen LogP contribution < -0.4 is 4.74 Å². The molecule has 0 fully saturated rings. The van der Waals surface area contributed by atoms with E-state index in [0.29, 0.717) is 5.56 Å². The Balaban J connectivity index is 2.19. The zero-order valence-corrected chi connectivity index (χ0v) is 11.0. The molecule has 1 aliphatic heterocycles. The summed E-state index contributed by atoms with van der Waals surface area (Å²) < 4.78 is 5.72. The fourth-order valence-electron chi connectivity index (χ4n) is 2.56. The second-order valence-corrected chi connectivity index (χ2v) is 4.79. The van der Waals surface area contributed by atoms with Gasteiger partial charge in [0, 0.05) is 12.0 Å². The van der Waals surface area contributed by atoms with E-state index in [2.05, 4.69) is 17.1 Å². The molecule has 2 heterocycles. The van der Waals surface area contributed by atoms with E-state index in [4.69, 9.17) is 10.00 Å². The van der Waals surface area contributed by atoms with Crippen LogP contribution in [0, 0.1) is 25.2 Å². The van der Waals surface area contributed by atoms with Crippen molar-refractivity contribution in [2.75, 3.05) is 6.61 Å². The van der Waals surface area contributed by atoms with Gasteiger partial charge in [0.15, 0.2) is 0 Å². The second kappa shape index (κ2) is 4.40. The summed E-state index contributed by atoms with van der Waals surface area (Å²) in [4.78, 5) is 4.55. The van der Waals surface area contributed by atoms with Crippen LogP contribution >= 0.6 is 0 Å². The quantitative estimate of drug-likeness (QED) is 0.781. The maximum atomic E-state index is 9.10. The van der Waals surface area contributed by atoms with Crippen LogP contribution in [-0.4, -0.2) is 11.6 Å². The van der Waals surface area contributed by atoms with Crippen molar-refractivity contribution in [3.63, 3.8) is 0 Å². The molecule has 0 bridgehead atoms. The smallest absolute Gasteiger partial charge is 0.132 e. The Morgan fingerprint density at radius 2 is 2.16 bits per heavy atom. The van der Waals surface area contributed by atoms with E-state index in [-0.39, 0.29) is 0 Å². The number of aromatic nitrogens is 1. The van der Waals surface area contributed by atoms with Crippen LogP contribution in [0.5, 0.6) is 5.75 Å². The van der Waals surface area contributed by atoms with E-state index < -0.39 is 0 Å². The Morgan fingerprint density at radius 1 is 1.32 bits per heavy atom. The van der Waals surface area contributed by atoms with Gasteiger partial charge in [-0.1, -0.05) is 12.1 Å².